The minimum Gasteiger partial charge on any atom is -0.268 e. The van der Waals surface area contributed by atoms with E-state index in [-0.39, 0.29) is 23.5 Å². The summed E-state index contributed by atoms with van der Waals surface area (Å²) in [5.41, 5.74) is 0.630. The second-order valence-electron chi connectivity index (χ2n) is 5.59. The van der Waals surface area contributed by atoms with Crippen LogP contribution >= 0.6 is 23.2 Å². The zero-order valence-corrected chi connectivity index (χ0v) is 15.2. The van der Waals surface area contributed by atoms with Crippen LogP contribution in [0, 0.1) is 0 Å². The highest BCUT2D eigenvalue weighted by Gasteiger charge is 2.35. The van der Waals surface area contributed by atoms with E-state index in [1.807, 2.05) is 0 Å². The van der Waals surface area contributed by atoms with Crippen LogP contribution in [0.2, 0.25) is 10.0 Å². The molecule has 1 fully saturated rings. The molecule has 0 aromatic heterocycles. The van der Waals surface area contributed by atoms with Gasteiger partial charge in [-0.2, -0.15) is 0 Å². The Bertz CT molecular complexity index is 732. The van der Waals surface area contributed by atoms with Crippen molar-refractivity contribution in [2.24, 2.45) is 0 Å². The average Bonchev–Trinajstić information content (AvgIpc) is 2.79. The first kappa shape index (κ1) is 18.3. The van der Waals surface area contributed by atoms with Crippen molar-refractivity contribution in [1.82, 2.24) is 10.0 Å². The van der Waals surface area contributed by atoms with Gasteiger partial charge in [0.05, 0.1) is 17.5 Å². The molecule has 23 heavy (non-hydrogen) atoms. The first-order chi connectivity index (χ1) is 10.7. The first-order valence-electron chi connectivity index (χ1n) is 7.03. The van der Waals surface area contributed by atoms with Crippen LogP contribution < -0.4 is 0 Å². The van der Waals surface area contributed by atoms with Crippen LogP contribution in [-0.2, 0) is 14.6 Å². The molecular formula is C15H18Cl2N2O3S. The molecule has 1 atom stereocenters. The van der Waals surface area contributed by atoms with Crippen LogP contribution in [0.25, 0.3) is 6.08 Å². The third-order valence-corrected chi connectivity index (χ3v) is 5.90. The standard InChI is InChI=1S/C15H18Cl2N2O3S/c1-18(2)19(13-7-8-23(21,22)10-13)15(20)6-3-11-9-12(16)4-5-14(11)17/h3-6,9,13H,7-8,10H2,1-2H3/b6-3+. The lowest BCUT2D eigenvalue weighted by Gasteiger charge is -2.32. The zero-order chi connectivity index (χ0) is 17.2. The van der Waals surface area contributed by atoms with Gasteiger partial charge in [-0.15, -0.1) is 0 Å². The van der Waals surface area contributed by atoms with Gasteiger partial charge in [-0.05, 0) is 36.3 Å². The molecular weight excluding hydrogens is 359 g/mol. The SMILES string of the molecule is CN(C)N(C(=O)/C=C/c1cc(Cl)ccc1Cl)C1CCS(=O)(=O)C1. The fraction of sp³-hybridized carbons (Fsp3) is 0.400. The number of hydrogen-bond donors (Lipinski definition) is 0. The second-order valence-corrected chi connectivity index (χ2v) is 8.66. The monoisotopic (exact) mass is 376 g/mol. The van der Waals surface area contributed by atoms with E-state index in [0.29, 0.717) is 22.0 Å². The molecule has 8 heteroatoms. The van der Waals surface area contributed by atoms with Gasteiger partial charge in [0, 0.05) is 30.2 Å². The Kier molecular flexibility index (Phi) is 5.73. The molecule has 0 saturated carbocycles. The summed E-state index contributed by atoms with van der Waals surface area (Å²) in [4.78, 5) is 12.5. The van der Waals surface area contributed by atoms with Crippen molar-refractivity contribution in [1.29, 1.82) is 0 Å². The number of rotatable bonds is 4. The molecule has 0 N–H and O–H groups in total. The smallest absolute Gasteiger partial charge is 0.261 e. The zero-order valence-electron chi connectivity index (χ0n) is 12.9. The number of nitrogens with zero attached hydrogens (tertiary/aromatic N) is 2. The van der Waals surface area contributed by atoms with Crippen molar-refractivity contribution in [2.75, 3.05) is 25.6 Å². The predicted molar refractivity (Wildman–Crippen MR) is 93.1 cm³/mol. The molecule has 1 unspecified atom stereocenters. The maximum Gasteiger partial charge on any atom is 0.261 e. The highest BCUT2D eigenvalue weighted by Crippen LogP contribution is 2.23. The molecule has 0 spiro atoms. The number of carbonyl (C=O) groups excluding carboxylic acids is 1. The number of sulfone groups is 1. The van der Waals surface area contributed by atoms with Crippen molar-refractivity contribution in [2.45, 2.75) is 12.5 Å². The molecule has 1 aromatic carbocycles. The molecule has 1 heterocycles. The summed E-state index contributed by atoms with van der Waals surface area (Å²) >= 11 is 12.0. The Labute approximate surface area is 146 Å². The third kappa shape index (κ3) is 4.70. The summed E-state index contributed by atoms with van der Waals surface area (Å²) in [5.74, 6) is -0.199. The highest BCUT2D eigenvalue weighted by molar-refractivity contribution is 7.91. The quantitative estimate of drug-likeness (QED) is 0.598. The van der Waals surface area contributed by atoms with Gasteiger partial charge in [0.1, 0.15) is 0 Å². The molecule has 1 aromatic rings. The summed E-state index contributed by atoms with van der Waals surface area (Å²) in [7, 11) is 0.353. The normalized spacial score (nSPS) is 20.3. The van der Waals surface area contributed by atoms with Crippen LogP contribution in [0.4, 0.5) is 0 Å². The van der Waals surface area contributed by atoms with E-state index in [1.54, 1.807) is 43.4 Å². The van der Waals surface area contributed by atoms with Gasteiger partial charge in [0.25, 0.3) is 5.91 Å². The van der Waals surface area contributed by atoms with E-state index in [0.717, 1.165) is 0 Å². The number of amides is 1. The molecule has 2 rings (SSSR count). The summed E-state index contributed by atoms with van der Waals surface area (Å²) in [6.07, 6.45) is 3.40. The summed E-state index contributed by atoms with van der Waals surface area (Å²) in [6.45, 7) is 0. The van der Waals surface area contributed by atoms with Gasteiger partial charge < -0.3 is 0 Å². The Morgan fingerprint density at radius 1 is 1.30 bits per heavy atom. The van der Waals surface area contributed by atoms with E-state index in [9.17, 15) is 13.2 Å². The van der Waals surface area contributed by atoms with Crippen molar-refractivity contribution >= 4 is 45.0 Å². The molecule has 1 aliphatic rings. The van der Waals surface area contributed by atoms with Gasteiger partial charge in [0.2, 0.25) is 0 Å². The van der Waals surface area contributed by atoms with Gasteiger partial charge in [-0.25, -0.2) is 13.4 Å². The minimum absolute atomic E-state index is 0.0112. The van der Waals surface area contributed by atoms with Crippen LogP contribution in [0.3, 0.4) is 0 Å². The van der Waals surface area contributed by atoms with E-state index in [2.05, 4.69) is 0 Å². The van der Waals surface area contributed by atoms with Crippen molar-refractivity contribution < 1.29 is 13.2 Å². The van der Waals surface area contributed by atoms with Crippen LogP contribution in [0.1, 0.15) is 12.0 Å². The molecule has 1 saturated heterocycles. The second kappa shape index (κ2) is 7.21. The number of hydrogen-bond acceptors (Lipinski definition) is 4. The summed E-state index contributed by atoms with van der Waals surface area (Å²) < 4.78 is 23.3. The molecule has 0 aliphatic carbocycles. The number of hydrazine groups is 1. The van der Waals surface area contributed by atoms with E-state index in [4.69, 9.17) is 23.2 Å². The molecule has 1 aliphatic heterocycles. The number of carbonyl (C=O) groups is 1. The van der Waals surface area contributed by atoms with Gasteiger partial charge >= 0.3 is 0 Å². The molecule has 1 amide bonds. The largest absolute Gasteiger partial charge is 0.268 e. The third-order valence-electron chi connectivity index (χ3n) is 3.57. The van der Waals surface area contributed by atoms with Crippen LogP contribution in [0.15, 0.2) is 24.3 Å². The van der Waals surface area contributed by atoms with Crippen LogP contribution in [0.5, 0.6) is 0 Å². The van der Waals surface area contributed by atoms with Crippen molar-refractivity contribution in [3.05, 3.63) is 39.9 Å². The van der Waals surface area contributed by atoms with Gasteiger partial charge in [0.15, 0.2) is 9.84 Å². The fourth-order valence-electron chi connectivity index (χ4n) is 2.55. The van der Waals surface area contributed by atoms with Gasteiger partial charge in [-0.1, -0.05) is 23.2 Å². The van der Waals surface area contributed by atoms with E-state index < -0.39 is 9.84 Å². The Morgan fingerprint density at radius 3 is 2.57 bits per heavy atom. The lowest BCUT2D eigenvalue weighted by atomic mass is 10.2. The lowest BCUT2D eigenvalue weighted by Crippen LogP contribution is -2.48. The number of halogens is 2. The Hall–Kier alpha value is -1.08. The number of benzene rings is 1. The molecule has 0 radical (unpaired) electrons. The van der Waals surface area contributed by atoms with E-state index >= 15 is 0 Å². The van der Waals surface area contributed by atoms with Crippen molar-refractivity contribution in [3.8, 4) is 0 Å². The molecule has 126 valence electrons. The summed E-state index contributed by atoms with van der Waals surface area (Å²) in [6, 6.07) is 4.63. The first-order valence-corrected chi connectivity index (χ1v) is 9.61. The molecule has 5 nitrogen and oxygen atoms in total. The molecule has 0 bridgehead atoms. The lowest BCUT2D eigenvalue weighted by molar-refractivity contribution is -0.143. The topological polar surface area (TPSA) is 57.7 Å². The van der Waals surface area contributed by atoms with Crippen molar-refractivity contribution in [3.63, 3.8) is 0 Å². The fourth-order valence-corrected chi connectivity index (χ4v) is 4.60. The maximum absolute atomic E-state index is 12.5. The minimum atomic E-state index is -3.07. The Morgan fingerprint density at radius 2 is 2.00 bits per heavy atom. The predicted octanol–water partition coefficient (Wildman–Crippen LogP) is 2.50. The highest BCUT2D eigenvalue weighted by atomic mass is 35.5. The van der Waals surface area contributed by atoms with Crippen LogP contribution in [-0.4, -0.2) is 56.0 Å². The van der Waals surface area contributed by atoms with Gasteiger partial charge in [-0.3, -0.25) is 9.80 Å². The maximum atomic E-state index is 12.5. The van der Waals surface area contributed by atoms with E-state index in [1.165, 1.54) is 11.1 Å². The summed E-state index contributed by atoms with van der Waals surface area (Å²) in [5, 5.41) is 4.07. The average molecular weight is 377 g/mol. The Balaban J connectivity index is 2.19.